The molecular weight excluding hydrogens is 365 g/mol. The van der Waals surface area contributed by atoms with E-state index < -0.39 is 0 Å². The van der Waals surface area contributed by atoms with Gasteiger partial charge in [0, 0.05) is 18.2 Å². The molecule has 1 heterocycles. The Morgan fingerprint density at radius 3 is 2.62 bits per heavy atom. The molecule has 0 atom stereocenters. The van der Waals surface area contributed by atoms with Crippen molar-refractivity contribution in [1.82, 2.24) is 10.2 Å². The first kappa shape index (κ1) is 17.0. The molecule has 1 N–H and O–H groups in total. The summed E-state index contributed by atoms with van der Waals surface area (Å²) in [7, 11) is 0. The highest BCUT2D eigenvalue weighted by atomic mass is 35.5. The predicted molar refractivity (Wildman–Crippen MR) is 99.9 cm³/mol. The number of anilines is 2. The molecule has 0 spiro atoms. The first-order chi connectivity index (χ1) is 11.7. The van der Waals surface area contributed by atoms with E-state index in [1.54, 1.807) is 29.5 Å². The molecule has 24 heavy (non-hydrogen) atoms. The summed E-state index contributed by atoms with van der Waals surface area (Å²) in [6.07, 6.45) is 1.66. The van der Waals surface area contributed by atoms with Crippen molar-refractivity contribution < 1.29 is 4.74 Å². The van der Waals surface area contributed by atoms with Crippen LogP contribution in [0.2, 0.25) is 10.0 Å². The first-order valence-corrected chi connectivity index (χ1v) is 9.00. The van der Waals surface area contributed by atoms with Gasteiger partial charge in [0.25, 0.3) is 0 Å². The fraction of sp³-hybridized carbons (Fsp3) is 0.176. The maximum absolute atomic E-state index is 5.96. The van der Waals surface area contributed by atoms with Crippen LogP contribution in [0.25, 0.3) is 0 Å². The number of halogens is 2. The lowest BCUT2D eigenvalue weighted by molar-refractivity contribution is 0.311. The van der Waals surface area contributed by atoms with Crippen molar-refractivity contribution in [3.63, 3.8) is 0 Å². The Morgan fingerprint density at radius 1 is 1.00 bits per heavy atom. The fourth-order valence-electron chi connectivity index (χ4n) is 2.03. The zero-order chi connectivity index (χ0) is 16.8. The van der Waals surface area contributed by atoms with E-state index in [-0.39, 0.29) is 0 Å². The van der Waals surface area contributed by atoms with E-state index >= 15 is 0 Å². The molecule has 3 rings (SSSR count). The van der Waals surface area contributed by atoms with E-state index in [2.05, 4.69) is 15.5 Å². The van der Waals surface area contributed by atoms with E-state index in [1.807, 2.05) is 30.3 Å². The summed E-state index contributed by atoms with van der Waals surface area (Å²) < 4.78 is 5.66. The van der Waals surface area contributed by atoms with Gasteiger partial charge in [-0.05, 0) is 30.7 Å². The van der Waals surface area contributed by atoms with Crippen LogP contribution in [0.4, 0.5) is 10.8 Å². The molecule has 0 fully saturated rings. The molecule has 0 amide bonds. The van der Waals surface area contributed by atoms with Crippen LogP contribution in [0.1, 0.15) is 11.4 Å². The molecule has 0 aliphatic rings. The summed E-state index contributed by atoms with van der Waals surface area (Å²) in [6, 6.07) is 15.2. The minimum Gasteiger partial charge on any atom is -0.494 e. The van der Waals surface area contributed by atoms with Crippen molar-refractivity contribution in [1.29, 1.82) is 0 Å². The number of aromatic nitrogens is 2. The molecule has 2 aromatic carbocycles. The van der Waals surface area contributed by atoms with Crippen molar-refractivity contribution in [3.05, 3.63) is 63.6 Å². The van der Waals surface area contributed by atoms with Gasteiger partial charge >= 0.3 is 0 Å². The van der Waals surface area contributed by atoms with Gasteiger partial charge in [-0.1, -0.05) is 52.7 Å². The minimum absolute atomic E-state index is 0.495. The minimum atomic E-state index is 0.495. The second-order valence-electron chi connectivity index (χ2n) is 5.02. The second kappa shape index (κ2) is 8.33. The normalized spacial score (nSPS) is 10.6. The quantitative estimate of drug-likeness (QED) is 0.542. The third kappa shape index (κ3) is 4.84. The number of para-hydroxylation sites is 1. The molecule has 0 saturated heterocycles. The van der Waals surface area contributed by atoms with Gasteiger partial charge in [-0.15, -0.1) is 10.2 Å². The summed E-state index contributed by atoms with van der Waals surface area (Å²) in [5, 5.41) is 14.4. The van der Waals surface area contributed by atoms with Crippen molar-refractivity contribution in [2.45, 2.75) is 12.8 Å². The fourth-order valence-corrected chi connectivity index (χ4v) is 3.12. The van der Waals surface area contributed by atoms with Crippen molar-refractivity contribution in [2.24, 2.45) is 0 Å². The van der Waals surface area contributed by atoms with Gasteiger partial charge in [-0.2, -0.15) is 0 Å². The number of hydrogen-bond acceptors (Lipinski definition) is 5. The lowest BCUT2D eigenvalue weighted by Gasteiger charge is -2.06. The topological polar surface area (TPSA) is 47.0 Å². The molecule has 0 saturated carbocycles. The highest BCUT2D eigenvalue weighted by molar-refractivity contribution is 7.15. The molecule has 4 nitrogen and oxygen atoms in total. The van der Waals surface area contributed by atoms with E-state index in [4.69, 9.17) is 27.9 Å². The summed E-state index contributed by atoms with van der Waals surface area (Å²) in [6.45, 7) is 0.582. The summed E-state index contributed by atoms with van der Waals surface area (Å²) >= 11 is 13.4. The lowest BCUT2D eigenvalue weighted by atomic mass is 10.3. The van der Waals surface area contributed by atoms with Gasteiger partial charge in [0.2, 0.25) is 5.13 Å². The number of aryl methyl sites for hydroxylation is 1. The van der Waals surface area contributed by atoms with Gasteiger partial charge in [0.05, 0.1) is 16.7 Å². The molecular formula is C17H15Cl2N3OS. The molecule has 7 heteroatoms. The monoisotopic (exact) mass is 379 g/mol. The van der Waals surface area contributed by atoms with Crippen LogP contribution in [0.3, 0.4) is 0 Å². The molecule has 3 aromatic rings. The Hall–Kier alpha value is -1.82. The third-order valence-corrected chi connectivity index (χ3v) is 4.82. The van der Waals surface area contributed by atoms with E-state index in [1.165, 1.54) is 0 Å². The highest BCUT2D eigenvalue weighted by Crippen LogP contribution is 2.26. The maximum atomic E-state index is 5.96. The molecule has 124 valence electrons. The maximum Gasteiger partial charge on any atom is 0.210 e. The summed E-state index contributed by atoms with van der Waals surface area (Å²) in [5.41, 5.74) is 1.00. The third-order valence-electron chi connectivity index (χ3n) is 3.19. The molecule has 0 aliphatic carbocycles. The number of nitrogens with zero attached hydrogens (tertiary/aromatic N) is 2. The van der Waals surface area contributed by atoms with Gasteiger partial charge in [-0.25, -0.2) is 0 Å². The van der Waals surface area contributed by atoms with Crippen molar-refractivity contribution in [3.8, 4) is 5.75 Å². The van der Waals surface area contributed by atoms with Crippen LogP contribution in [-0.4, -0.2) is 16.8 Å². The lowest BCUT2D eigenvalue weighted by Crippen LogP contribution is -1.99. The number of ether oxygens (including phenoxy) is 1. The van der Waals surface area contributed by atoms with Gasteiger partial charge in [0.15, 0.2) is 0 Å². The molecule has 0 radical (unpaired) electrons. The largest absolute Gasteiger partial charge is 0.494 e. The van der Waals surface area contributed by atoms with Crippen LogP contribution >= 0.6 is 34.5 Å². The van der Waals surface area contributed by atoms with Crippen molar-refractivity contribution >= 4 is 45.4 Å². The Morgan fingerprint density at radius 2 is 1.83 bits per heavy atom. The van der Waals surface area contributed by atoms with Crippen LogP contribution in [0, 0.1) is 0 Å². The smallest absolute Gasteiger partial charge is 0.210 e. The van der Waals surface area contributed by atoms with Crippen LogP contribution < -0.4 is 10.1 Å². The highest BCUT2D eigenvalue weighted by Gasteiger charge is 2.05. The summed E-state index contributed by atoms with van der Waals surface area (Å²) in [5.74, 6) is 0.716. The van der Waals surface area contributed by atoms with Crippen LogP contribution in [0.15, 0.2) is 48.5 Å². The van der Waals surface area contributed by atoms with Gasteiger partial charge in [-0.3, -0.25) is 0 Å². The first-order valence-electron chi connectivity index (χ1n) is 7.43. The average molecular weight is 380 g/mol. The van der Waals surface area contributed by atoms with Gasteiger partial charge < -0.3 is 10.1 Å². The number of rotatable bonds is 7. The Bertz CT molecular complexity index is 796. The zero-order valence-electron chi connectivity index (χ0n) is 12.7. The number of benzene rings is 2. The molecule has 0 aliphatic heterocycles. The SMILES string of the molecule is Clc1ccc(OCCCc2nnc(Nc3ccccc3)s2)cc1Cl. The molecule has 1 aromatic heterocycles. The zero-order valence-corrected chi connectivity index (χ0v) is 15.0. The Labute approximate surface area is 154 Å². The molecule has 0 unspecified atom stereocenters. The van der Waals surface area contributed by atoms with E-state index in [0.717, 1.165) is 28.7 Å². The number of nitrogens with one attached hydrogen (secondary N) is 1. The standard InChI is InChI=1S/C17H15Cl2N3OS/c18-14-9-8-13(11-15(14)19)23-10-4-7-16-21-22-17(24-16)20-12-5-2-1-3-6-12/h1-3,5-6,8-9,11H,4,7,10H2,(H,20,22). The summed E-state index contributed by atoms with van der Waals surface area (Å²) in [4.78, 5) is 0. The van der Waals surface area contributed by atoms with E-state index in [9.17, 15) is 0 Å². The predicted octanol–water partition coefficient (Wildman–Crippen LogP) is 5.60. The Kier molecular flexibility index (Phi) is 5.91. The Balaban J connectivity index is 1.44. The second-order valence-corrected chi connectivity index (χ2v) is 6.90. The number of hydrogen-bond donors (Lipinski definition) is 1. The van der Waals surface area contributed by atoms with E-state index in [0.29, 0.717) is 22.4 Å². The van der Waals surface area contributed by atoms with Crippen LogP contribution in [-0.2, 0) is 6.42 Å². The van der Waals surface area contributed by atoms with Crippen LogP contribution in [0.5, 0.6) is 5.75 Å². The molecule has 0 bridgehead atoms. The van der Waals surface area contributed by atoms with Gasteiger partial charge in [0.1, 0.15) is 10.8 Å². The van der Waals surface area contributed by atoms with Crippen molar-refractivity contribution in [2.75, 3.05) is 11.9 Å². The average Bonchev–Trinajstić information content (AvgIpc) is 3.03.